The number of carbonyl (C=O) groups is 1. The molecule has 1 amide bonds. The summed E-state index contributed by atoms with van der Waals surface area (Å²) in [6.07, 6.45) is 2.28. The smallest absolute Gasteiger partial charge is 0.251 e. The van der Waals surface area contributed by atoms with Crippen LogP contribution in [-0.2, 0) is 0 Å². The van der Waals surface area contributed by atoms with E-state index in [-0.39, 0.29) is 11.3 Å². The number of amides is 1. The van der Waals surface area contributed by atoms with Crippen LogP contribution in [0.5, 0.6) is 0 Å². The van der Waals surface area contributed by atoms with E-state index in [4.69, 9.17) is 0 Å². The van der Waals surface area contributed by atoms with E-state index >= 15 is 0 Å². The van der Waals surface area contributed by atoms with Gasteiger partial charge in [0.15, 0.2) is 0 Å². The molecular formula is C16H23BrN2O. The molecule has 0 spiro atoms. The lowest BCUT2D eigenvalue weighted by Gasteiger charge is -2.37. The summed E-state index contributed by atoms with van der Waals surface area (Å²) in [5.41, 5.74) is 2.05. The van der Waals surface area contributed by atoms with Crippen molar-refractivity contribution in [2.24, 2.45) is 5.41 Å². The van der Waals surface area contributed by atoms with Gasteiger partial charge in [0.05, 0.1) is 0 Å². The fourth-order valence-corrected chi connectivity index (χ4v) is 2.76. The van der Waals surface area contributed by atoms with Gasteiger partial charge in [0.2, 0.25) is 0 Å². The molecule has 1 heterocycles. The molecule has 0 atom stereocenters. The van der Waals surface area contributed by atoms with Crippen molar-refractivity contribution < 1.29 is 4.79 Å². The van der Waals surface area contributed by atoms with Gasteiger partial charge in [-0.15, -0.1) is 0 Å². The van der Waals surface area contributed by atoms with Gasteiger partial charge in [-0.2, -0.15) is 0 Å². The van der Waals surface area contributed by atoms with E-state index in [1.807, 2.05) is 25.1 Å². The van der Waals surface area contributed by atoms with Gasteiger partial charge < -0.3 is 10.2 Å². The average molecular weight is 339 g/mol. The number of piperidine rings is 1. The Hall–Kier alpha value is -0.870. The zero-order valence-electron chi connectivity index (χ0n) is 12.5. The molecule has 3 nitrogen and oxygen atoms in total. The van der Waals surface area contributed by atoms with E-state index in [1.54, 1.807) is 0 Å². The van der Waals surface area contributed by atoms with Crippen LogP contribution >= 0.6 is 15.9 Å². The Kier molecular flexibility index (Phi) is 4.86. The minimum Gasteiger partial charge on any atom is -0.351 e. The van der Waals surface area contributed by atoms with Crippen LogP contribution < -0.4 is 5.32 Å². The minimum absolute atomic E-state index is 0.0285. The zero-order valence-corrected chi connectivity index (χ0v) is 14.1. The Labute approximate surface area is 129 Å². The topological polar surface area (TPSA) is 32.3 Å². The highest BCUT2D eigenvalue weighted by Gasteiger charge is 2.29. The van der Waals surface area contributed by atoms with Gasteiger partial charge in [0, 0.05) is 16.6 Å². The summed E-state index contributed by atoms with van der Waals surface area (Å²) >= 11 is 3.46. The van der Waals surface area contributed by atoms with Gasteiger partial charge in [-0.25, -0.2) is 0 Å². The molecule has 0 unspecified atom stereocenters. The molecule has 0 saturated carbocycles. The Balaban J connectivity index is 1.93. The molecule has 1 aliphatic rings. The van der Waals surface area contributed by atoms with E-state index in [9.17, 15) is 4.79 Å². The number of carbonyl (C=O) groups excluding carboxylic acids is 1. The maximum Gasteiger partial charge on any atom is 0.251 e. The van der Waals surface area contributed by atoms with E-state index in [1.165, 1.54) is 0 Å². The number of aryl methyl sites for hydroxylation is 1. The molecule has 1 aromatic rings. The predicted molar refractivity (Wildman–Crippen MR) is 86.1 cm³/mol. The van der Waals surface area contributed by atoms with E-state index in [2.05, 4.69) is 40.1 Å². The first-order valence-corrected chi connectivity index (χ1v) is 7.92. The third kappa shape index (κ3) is 3.83. The maximum absolute atomic E-state index is 12.2. The normalized spacial score (nSPS) is 18.8. The Morgan fingerprint density at radius 2 is 2.05 bits per heavy atom. The van der Waals surface area contributed by atoms with Crippen molar-refractivity contribution in [2.45, 2.75) is 26.7 Å². The summed E-state index contributed by atoms with van der Waals surface area (Å²) in [4.78, 5) is 14.6. The largest absolute Gasteiger partial charge is 0.351 e. The van der Waals surface area contributed by atoms with Crippen molar-refractivity contribution in [3.05, 3.63) is 33.8 Å². The van der Waals surface area contributed by atoms with Gasteiger partial charge in [-0.1, -0.05) is 22.9 Å². The fraction of sp³-hybridized carbons (Fsp3) is 0.562. The van der Waals surface area contributed by atoms with Crippen molar-refractivity contribution in [3.63, 3.8) is 0 Å². The number of nitrogens with one attached hydrogen (secondary N) is 1. The van der Waals surface area contributed by atoms with Gasteiger partial charge in [0.1, 0.15) is 0 Å². The number of benzene rings is 1. The van der Waals surface area contributed by atoms with Crippen molar-refractivity contribution >= 4 is 21.8 Å². The summed E-state index contributed by atoms with van der Waals surface area (Å²) in [5.74, 6) is 0.0285. The molecule has 2 rings (SSSR count). The molecule has 110 valence electrons. The van der Waals surface area contributed by atoms with Gasteiger partial charge in [-0.05, 0) is 69.1 Å². The second-order valence-electron chi connectivity index (χ2n) is 6.26. The Morgan fingerprint density at radius 3 is 2.65 bits per heavy atom. The molecule has 1 N–H and O–H groups in total. The second kappa shape index (κ2) is 6.27. The van der Waals surface area contributed by atoms with Gasteiger partial charge in [-0.3, -0.25) is 4.79 Å². The average Bonchev–Trinajstić information content (AvgIpc) is 2.43. The van der Waals surface area contributed by atoms with E-state index < -0.39 is 0 Å². The third-order valence-electron chi connectivity index (χ3n) is 4.29. The summed E-state index contributed by atoms with van der Waals surface area (Å²) < 4.78 is 1.04. The quantitative estimate of drug-likeness (QED) is 0.917. The fourth-order valence-electron chi connectivity index (χ4n) is 2.52. The standard InChI is InChI=1S/C16H23BrN2O/c1-12-10-13(4-5-14(12)17)15(20)18-11-16(2)6-8-19(3)9-7-16/h4-5,10H,6-9,11H2,1-3H3,(H,18,20). The molecule has 4 heteroatoms. The second-order valence-corrected chi connectivity index (χ2v) is 7.11. The summed E-state index contributed by atoms with van der Waals surface area (Å²) in [5, 5.41) is 3.10. The highest BCUT2D eigenvalue weighted by molar-refractivity contribution is 9.10. The van der Waals surface area contributed by atoms with Crippen molar-refractivity contribution in [1.29, 1.82) is 0 Å². The number of hydrogen-bond acceptors (Lipinski definition) is 2. The molecule has 0 aromatic heterocycles. The molecule has 1 aliphatic heterocycles. The van der Waals surface area contributed by atoms with Crippen LogP contribution in [-0.4, -0.2) is 37.5 Å². The molecule has 0 bridgehead atoms. The molecule has 0 radical (unpaired) electrons. The monoisotopic (exact) mass is 338 g/mol. The highest BCUT2D eigenvalue weighted by atomic mass is 79.9. The first-order valence-electron chi connectivity index (χ1n) is 7.13. The van der Waals surface area contributed by atoms with Crippen LogP contribution in [0.1, 0.15) is 35.7 Å². The van der Waals surface area contributed by atoms with Crippen LogP contribution in [0.3, 0.4) is 0 Å². The minimum atomic E-state index is 0.0285. The van der Waals surface area contributed by atoms with Crippen LogP contribution in [0.2, 0.25) is 0 Å². The number of halogens is 1. The number of rotatable bonds is 3. The lowest BCUT2D eigenvalue weighted by Crippen LogP contribution is -2.43. The zero-order chi connectivity index (χ0) is 14.8. The lowest BCUT2D eigenvalue weighted by atomic mass is 9.80. The Morgan fingerprint density at radius 1 is 1.40 bits per heavy atom. The van der Waals surface area contributed by atoms with Gasteiger partial charge in [0.25, 0.3) is 5.91 Å². The van der Waals surface area contributed by atoms with Crippen LogP contribution in [0, 0.1) is 12.3 Å². The molecule has 0 aliphatic carbocycles. The molecule has 1 aromatic carbocycles. The predicted octanol–water partition coefficient (Wildman–Crippen LogP) is 3.22. The molecule has 1 fully saturated rings. The van der Waals surface area contributed by atoms with Gasteiger partial charge >= 0.3 is 0 Å². The molecule has 20 heavy (non-hydrogen) atoms. The highest BCUT2D eigenvalue weighted by Crippen LogP contribution is 2.29. The third-order valence-corrected chi connectivity index (χ3v) is 5.18. The SMILES string of the molecule is Cc1cc(C(=O)NCC2(C)CCN(C)CC2)ccc1Br. The van der Waals surface area contributed by atoms with Crippen molar-refractivity contribution in [3.8, 4) is 0 Å². The maximum atomic E-state index is 12.2. The number of hydrogen-bond donors (Lipinski definition) is 1. The first kappa shape index (κ1) is 15.5. The number of likely N-dealkylation sites (tertiary alicyclic amines) is 1. The van der Waals surface area contributed by atoms with Crippen LogP contribution in [0.15, 0.2) is 22.7 Å². The Bertz CT molecular complexity index is 493. The summed E-state index contributed by atoms with van der Waals surface area (Å²) in [6.45, 7) is 7.26. The molecular weight excluding hydrogens is 316 g/mol. The van der Waals surface area contributed by atoms with Crippen LogP contribution in [0.25, 0.3) is 0 Å². The van der Waals surface area contributed by atoms with Crippen molar-refractivity contribution in [2.75, 3.05) is 26.7 Å². The van der Waals surface area contributed by atoms with E-state index in [0.717, 1.165) is 48.1 Å². The first-order chi connectivity index (χ1) is 9.39. The summed E-state index contributed by atoms with van der Waals surface area (Å²) in [6, 6.07) is 5.72. The van der Waals surface area contributed by atoms with Crippen molar-refractivity contribution in [1.82, 2.24) is 10.2 Å². The summed E-state index contributed by atoms with van der Waals surface area (Å²) in [7, 11) is 2.16. The van der Waals surface area contributed by atoms with Crippen LogP contribution in [0.4, 0.5) is 0 Å². The van der Waals surface area contributed by atoms with E-state index in [0.29, 0.717) is 0 Å². The lowest BCUT2D eigenvalue weighted by molar-refractivity contribution is 0.0891. The number of nitrogens with zero attached hydrogens (tertiary/aromatic N) is 1. The molecule has 1 saturated heterocycles.